The average molecular weight is 436 g/mol. The van der Waals surface area contributed by atoms with Crippen molar-refractivity contribution in [2.24, 2.45) is 0 Å². The number of hydrogen-bond acceptors (Lipinski definition) is 6. The Hall–Kier alpha value is -3.14. The van der Waals surface area contributed by atoms with E-state index in [-0.39, 0.29) is 29.0 Å². The van der Waals surface area contributed by atoms with E-state index in [0.29, 0.717) is 22.0 Å². The maximum Gasteiger partial charge on any atom is 0.433 e. The van der Waals surface area contributed by atoms with E-state index in [1.165, 1.54) is 13.2 Å². The van der Waals surface area contributed by atoms with Crippen LogP contribution in [0.25, 0.3) is 28.6 Å². The van der Waals surface area contributed by atoms with Gasteiger partial charge < -0.3 is 9.26 Å². The van der Waals surface area contributed by atoms with Crippen molar-refractivity contribution >= 4 is 17.2 Å². The molecule has 1 fully saturated rings. The Bertz CT molecular complexity index is 1260. The van der Waals surface area contributed by atoms with Gasteiger partial charge in [-0.2, -0.15) is 23.3 Å². The topological polar surface area (TPSA) is 78.3 Å². The highest BCUT2D eigenvalue weighted by Gasteiger charge is 2.37. The number of methoxy groups -OCH3 is 1. The smallest absolute Gasteiger partial charge is 0.433 e. The Morgan fingerprint density at radius 1 is 1.17 bits per heavy atom. The van der Waals surface area contributed by atoms with E-state index in [9.17, 15) is 13.2 Å². The molecule has 1 saturated carbocycles. The van der Waals surface area contributed by atoms with Crippen LogP contribution in [0.15, 0.2) is 34.9 Å². The molecule has 7 nitrogen and oxygen atoms in total. The first kappa shape index (κ1) is 18.9. The molecule has 1 aliphatic rings. The van der Waals surface area contributed by atoms with Crippen molar-refractivity contribution in [1.82, 2.24) is 24.7 Å². The molecule has 154 valence electrons. The zero-order valence-corrected chi connectivity index (χ0v) is 16.2. The lowest BCUT2D eigenvalue weighted by Crippen LogP contribution is -2.14. The first-order valence-corrected chi connectivity index (χ1v) is 9.37. The number of fused-ring (bicyclic) bond motifs is 1. The molecular formula is C19H13ClF3N5O2. The minimum atomic E-state index is -4.58. The van der Waals surface area contributed by atoms with Gasteiger partial charge in [-0.3, -0.25) is 0 Å². The van der Waals surface area contributed by atoms with E-state index < -0.39 is 11.9 Å². The lowest BCUT2D eigenvalue weighted by atomic mass is 10.2. The fourth-order valence-electron chi connectivity index (χ4n) is 3.18. The number of halogens is 4. The minimum Gasteiger partial charge on any atom is -0.496 e. The molecule has 11 heteroatoms. The molecule has 3 heterocycles. The molecule has 4 aromatic rings. The molecule has 0 bridgehead atoms. The van der Waals surface area contributed by atoms with Gasteiger partial charge in [-0.25, -0.2) is 9.50 Å². The number of hydrogen-bond donors (Lipinski definition) is 0. The van der Waals surface area contributed by atoms with Crippen LogP contribution in [-0.4, -0.2) is 31.8 Å². The Morgan fingerprint density at radius 3 is 2.67 bits per heavy atom. The molecule has 0 aliphatic heterocycles. The van der Waals surface area contributed by atoms with Crippen LogP contribution in [0.5, 0.6) is 5.75 Å². The third kappa shape index (κ3) is 3.26. The molecule has 30 heavy (non-hydrogen) atoms. The number of aromatic nitrogens is 5. The summed E-state index contributed by atoms with van der Waals surface area (Å²) in [5, 5.41) is 8.35. The third-order valence-electron chi connectivity index (χ3n) is 4.78. The molecule has 1 aliphatic carbocycles. The van der Waals surface area contributed by atoms with Crippen molar-refractivity contribution in [3.8, 4) is 28.7 Å². The Kier molecular flexibility index (Phi) is 4.21. The quantitative estimate of drug-likeness (QED) is 0.448. The Labute approximate surface area is 172 Å². The fraction of sp³-hybridized carbons (Fsp3) is 0.263. The van der Waals surface area contributed by atoms with Crippen LogP contribution in [0.1, 0.15) is 30.1 Å². The van der Waals surface area contributed by atoms with E-state index in [4.69, 9.17) is 20.9 Å². The second-order valence-electron chi connectivity index (χ2n) is 6.91. The first-order valence-electron chi connectivity index (χ1n) is 8.99. The van der Waals surface area contributed by atoms with Crippen LogP contribution in [-0.2, 0) is 6.18 Å². The van der Waals surface area contributed by atoms with Gasteiger partial charge in [0.2, 0.25) is 5.82 Å². The van der Waals surface area contributed by atoms with Crippen LogP contribution >= 0.6 is 11.6 Å². The summed E-state index contributed by atoms with van der Waals surface area (Å²) in [6.45, 7) is 0. The lowest BCUT2D eigenvalue weighted by molar-refractivity contribution is -0.142. The molecule has 0 atom stereocenters. The second-order valence-corrected chi connectivity index (χ2v) is 7.34. The van der Waals surface area contributed by atoms with Gasteiger partial charge in [-0.05, 0) is 37.1 Å². The van der Waals surface area contributed by atoms with E-state index >= 15 is 0 Å². The molecule has 1 aromatic carbocycles. The van der Waals surface area contributed by atoms with Crippen LogP contribution in [0, 0.1) is 0 Å². The number of alkyl halides is 3. The van der Waals surface area contributed by atoms with Crippen LogP contribution in [0.4, 0.5) is 13.2 Å². The maximum atomic E-state index is 13.6. The highest BCUT2D eigenvalue weighted by atomic mass is 35.5. The highest BCUT2D eigenvalue weighted by molar-refractivity contribution is 6.30. The van der Waals surface area contributed by atoms with Crippen molar-refractivity contribution in [2.75, 3.05) is 7.11 Å². The van der Waals surface area contributed by atoms with Gasteiger partial charge in [0.15, 0.2) is 11.3 Å². The molecule has 0 saturated heterocycles. The van der Waals surface area contributed by atoms with E-state index in [0.717, 1.165) is 23.4 Å². The summed E-state index contributed by atoms with van der Waals surface area (Å²) in [5.41, 5.74) is 0.157. The Morgan fingerprint density at radius 2 is 1.97 bits per heavy atom. The van der Waals surface area contributed by atoms with E-state index in [1.54, 1.807) is 18.2 Å². The van der Waals surface area contributed by atoms with Gasteiger partial charge in [-0.1, -0.05) is 16.8 Å². The van der Waals surface area contributed by atoms with E-state index in [2.05, 4.69) is 20.2 Å². The second kappa shape index (κ2) is 6.69. The zero-order chi connectivity index (χ0) is 21.0. The standard InChI is InChI=1S/C19H13ClF3N5O2/c1-29-14-5-4-10(20)6-11(14)17-25-18(30-27-17)13-8-16-24-12(9-2-3-9)7-15(19(21,22)23)28(16)26-13/h4-9H,2-3H2,1H3. The van der Waals surface area contributed by atoms with Crippen molar-refractivity contribution in [2.45, 2.75) is 24.9 Å². The first-order chi connectivity index (χ1) is 14.3. The largest absolute Gasteiger partial charge is 0.496 e. The lowest BCUT2D eigenvalue weighted by Gasteiger charge is -2.10. The average Bonchev–Trinajstić information content (AvgIpc) is 3.28. The summed E-state index contributed by atoms with van der Waals surface area (Å²) in [5.74, 6) is 0.652. The SMILES string of the molecule is COc1ccc(Cl)cc1-c1noc(-c2cc3nc(C4CC4)cc(C(F)(F)F)n3n2)n1. The monoisotopic (exact) mass is 435 g/mol. The molecule has 5 rings (SSSR count). The molecule has 0 spiro atoms. The normalized spacial score (nSPS) is 14.4. The molecule has 0 N–H and O–H groups in total. The molecule has 0 amide bonds. The maximum absolute atomic E-state index is 13.6. The van der Waals surface area contributed by atoms with Gasteiger partial charge >= 0.3 is 6.18 Å². The number of benzene rings is 1. The number of rotatable bonds is 4. The van der Waals surface area contributed by atoms with Crippen LogP contribution in [0.3, 0.4) is 0 Å². The Balaban J connectivity index is 1.60. The minimum absolute atomic E-state index is 0.0429. The van der Waals surface area contributed by atoms with E-state index in [1.807, 2.05) is 0 Å². The third-order valence-corrected chi connectivity index (χ3v) is 5.02. The number of nitrogens with zero attached hydrogens (tertiary/aromatic N) is 5. The van der Waals surface area contributed by atoms with Gasteiger partial charge in [0.05, 0.1) is 12.7 Å². The summed E-state index contributed by atoms with van der Waals surface area (Å²) < 4.78 is 52.0. The van der Waals surface area contributed by atoms with Crippen molar-refractivity contribution < 1.29 is 22.4 Å². The zero-order valence-electron chi connectivity index (χ0n) is 15.4. The van der Waals surface area contributed by atoms with Crippen LogP contribution in [0.2, 0.25) is 5.02 Å². The predicted molar refractivity (Wildman–Crippen MR) is 100 cm³/mol. The molecule has 3 aromatic heterocycles. The summed E-state index contributed by atoms with van der Waals surface area (Å²) in [6, 6.07) is 7.35. The summed E-state index contributed by atoms with van der Waals surface area (Å²) in [7, 11) is 1.48. The van der Waals surface area contributed by atoms with Gasteiger partial charge in [0, 0.05) is 22.7 Å². The highest BCUT2D eigenvalue weighted by Crippen LogP contribution is 2.41. The number of ether oxygens (including phenoxy) is 1. The van der Waals surface area contributed by atoms with Crippen molar-refractivity contribution in [1.29, 1.82) is 0 Å². The summed E-state index contributed by atoms with van der Waals surface area (Å²) in [6.07, 6.45) is -2.92. The summed E-state index contributed by atoms with van der Waals surface area (Å²) in [4.78, 5) is 8.59. The summed E-state index contributed by atoms with van der Waals surface area (Å²) >= 11 is 6.03. The van der Waals surface area contributed by atoms with Gasteiger partial charge in [-0.15, -0.1) is 0 Å². The molecular weight excluding hydrogens is 423 g/mol. The van der Waals surface area contributed by atoms with Crippen LogP contribution < -0.4 is 4.74 Å². The molecule has 0 radical (unpaired) electrons. The molecule has 0 unspecified atom stereocenters. The predicted octanol–water partition coefficient (Wildman–Crippen LogP) is 5.00. The van der Waals surface area contributed by atoms with Gasteiger partial charge in [0.1, 0.15) is 11.4 Å². The van der Waals surface area contributed by atoms with Crippen molar-refractivity contribution in [3.05, 3.63) is 46.7 Å². The fourth-order valence-corrected chi connectivity index (χ4v) is 3.35. The van der Waals surface area contributed by atoms with Crippen molar-refractivity contribution in [3.63, 3.8) is 0 Å². The van der Waals surface area contributed by atoms with Gasteiger partial charge in [0.25, 0.3) is 5.89 Å².